The SMILES string of the molecule is CC=CC(C)(C1CC(F)=CC(C)=C1C/C=C\C=C/C)C(C)(C)C. The predicted octanol–water partition coefficient (Wildman–Crippen LogP) is 7.33. The van der Waals surface area contributed by atoms with E-state index < -0.39 is 0 Å². The molecule has 0 radical (unpaired) electrons. The van der Waals surface area contributed by atoms with Crippen LogP contribution in [-0.4, -0.2) is 0 Å². The van der Waals surface area contributed by atoms with Gasteiger partial charge in [-0.25, -0.2) is 4.39 Å². The zero-order valence-electron chi connectivity index (χ0n) is 15.9. The van der Waals surface area contributed by atoms with Gasteiger partial charge in [-0.3, -0.25) is 0 Å². The van der Waals surface area contributed by atoms with Crippen LogP contribution in [0, 0.1) is 16.7 Å². The summed E-state index contributed by atoms with van der Waals surface area (Å²) in [5, 5.41) is 0. The molecule has 0 spiro atoms. The van der Waals surface area contributed by atoms with Gasteiger partial charge in [-0.1, -0.05) is 69.7 Å². The molecule has 0 aromatic rings. The highest BCUT2D eigenvalue weighted by atomic mass is 19.1. The first-order valence-corrected chi connectivity index (χ1v) is 8.64. The fourth-order valence-corrected chi connectivity index (χ4v) is 3.48. The van der Waals surface area contributed by atoms with Crippen molar-refractivity contribution < 1.29 is 4.39 Å². The summed E-state index contributed by atoms with van der Waals surface area (Å²) in [6.45, 7) is 15.2. The molecule has 0 N–H and O–H groups in total. The molecule has 1 aliphatic rings. The van der Waals surface area contributed by atoms with Gasteiger partial charge in [-0.15, -0.1) is 0 Å². The van der Waals surface area contributed by atoms with E-state index in [1.807, 2.05) is 26.0 Å². The maximum atomic E-state index is 14.2. The molecule has 0 aromatic heterocycles. The zero-order valence-corrected chi connectivity index (χ0v) is 15.9. The monoisotopic (exact) mass is 316 g/mol. The minimum Gasteiger partial charge on any atom is -0.212 e. The second kappa shape index (κ2) is 7.95. The van der Waals surface area contributed by atoms with Gasteiger partial charge < -0.3 is 0 Å². The first-order chi connectivity index (χ1) is 10.7. The third-order valence-electron chi connectivity index (χ3n) is 5.33. The standard InChI is InChI=1S/C22H33F/c1-8-10-11-12-13-19-17(3)15-18(23)16-20(19)22(7,14-9-2)21(4,5)6/h8-12,14-15,20H,13,16H2,1-7H3/b10-8-,12-11-,14-9?. The number of halogens is 1. The number of hydrogen-bond donors (Lipinski definition) is 0. The molecule has 1 aliphatic carbocycles. The Kier molecular flexibility index (Phi) is 6.80. The molecular weight excluding hydrogens is 283 g/mol. The summed E-state index contributed by atoms with van der Waals surface area (Å²) < 4.78 is 14.2. The molecule has 0 nitrogen and oxygen atoms in total. The summed E-state index contributed by atoms with van der Waals surface area (Å²) in [5.74, 6) is 0.201. The van der Waals surface area contributed by atoms with E-state index in [2.05, 4.69) is 58.9 Å². The maximum Gasteiger partial charge on any atom is 0.101 e. The van der Waals surface area contributed by atoms with E-state index in [-0.39, 0.29) is 22.6 Å². The molecule has 2 atom stereocenters. The lowest BCUT2D eigenvalue weighted by atomic mass is 9.56. The lowest BCUT2D eigenvalue weighted by molar-refractivity contribution is 0.101. The molecule has 0 fully saturated rings. The van der Waals surface area contributed by atoms with Gasteiger partial charge in [0.1, 0.15) is 5.83 Å². The van der Waals surface area contributed by atoms with Crippen LogP contribution >= 0.6 is 0 Å². The van der Waals surface area contributed by atoms with Gasteiger partial charge in [0.15, 0.2) is 0 Å². The van der Waals surface area contributed by atoms with Gasteiger partial charge in [0.2, 0.25) is 0 Å². The molecule has 0 bridgehead atoms. The molecule has 0 amide bonds. The highest BCUT2D eigenvalue weighted by Crippen LogP contribution is 2.53. The summed E-state index contributed by atoms with van der Waals surface area (Å²) in [6.07, 6.45) is 15.8. The molecule has 1 heteroatoms. The van der Waals surface area contributed by atoms with Gasteiger partial charge in [0.25, 0.3) is 0 Å². The Morgan fingerprint density at radius 3 is 2.30 bits per heavy atom. The first-order valence-electron chi connectivity index (χ1n) is 8.64. The fourth-order valence-electron chi connectivity index (χ4n) is 3.48. The van der Waals surface area contributed by atoms with Crippen LogP contribution < -0.4 is 0 Å². The Morgan fingerprint density at radius 1 is 1.13 bits per heavy atom. The highest BCUT2D eigenvalue weighted by molar-refractivity contribution is 5.36. The lowest BCUT2D eigenvalue weighted by Crippen LogP contribution is -2.40. The van der Waals surface area contributed by atoms with E-state index >= 15 is 0 Å². The van der Waals surface area contributed by atoms with Crippen LogP contribution in [0.2, 0.25) is 0 Å². The lowest BCUT2D eigenvalue weighted by Gasteiger charge is -2.48. The van der Waals surface area contributed by atoms with Crippen molar-refractivity contribution >= 4 is 0 Å². The van der Waals surface area contributed by atoms with Gasteiger partial charge in [0.05, 0.1) is 0 Å². The van der Waals surface area contributed by atoms with E-state index in [0.717, 1.165) is 12.0 Å². The maximum absolute atomic E-state index is 14.2. The molecule has 0 heterocycles. The molecule has 0 aromatic carbocycles. The summed E-state index contributed by atoms with van der Waals surface area (Å²) in [7, 11) is 0. The molecule has 23 heavy (non-hydrogen) atoms. The minimum atomic E-state index is -0.0849. The van der Waals surface area contributed by atoms with Gasteiger partial charge >= 0.3 is 0 Å². The molecule has 0 aliphatic heterocycles. The van der Waals surface area contributed by atoms with Crippen LogP contribution in [-0.2, 0) is 0 Å². The topological polar surface area (TPSA) is 0 Å². The van der Waals surface area contributed by atoms with Crippen LogP contribution in [0.15, 0.2) is 59.5 Å². The van der Waals surface area contributed by atoms with Crippen LogP contribution in [0.1, 0.15) is 61.3 Å². The van der Waals surface area contributed by atoms with Crippen molar-refractivity contribution in [2.75, 3.05) is 0 Å². The quantitative estimate of drug-likeness (QED) is 0.368. The summed E-state index contributed by atoms with van der Waals surface area (Å²) in [4.78, 5) is 0. The summed E-state index contributed by atoms with van der Waals surface area (Å²) in [5.41, 5.74) is 2.42. The number of allylic oxidation sites excluding steroid dienone is 10. The third-order valence-corrected chi connectivity index (χ3v) is 5.33. The van der Waals surface area contributed by atoms with Crippen molar-refractivity contribution in [1.29, 1.82) is 0 Å². The number of rotatable bonds is 5. The average Bonchev–Trinajstić information content (AvgIpc) is 2.43. The minimum absolute atomic E-state index is 0.00802. The molecule has 1 rings (SSSR count). The van der Waals surface area contributed by atoms with E-state index in [0.29, 0.717) is 6.42 Å². The fraction of sp³-hybridized carbons (Fsp3) is 0.545. The Balaban J connectivity index is 3.32. The molecule has 128 valence electrons. The summed E-state index contributed by atoms with van der Waals surface area (Å²) in [6, 6.07) is 0. The Hall–Kier alpha value is -1.37. The number of hydrogen-bond acceptors (Lipinski definition) is 0. The highest BCUT2D eigenvalue weighted by Gasteiger charge is 2.44. The van der Waals surface area contributed by atoms with Crippen molar-refractivity contribution in [3.05, 3.63) is 59.5 Å². The first kappa shape index (κ1) is 19.7. The van der Waals surface area contributed by atoms with Crippen LogP contribution in [0.5, 0.6) is 0 Å². The van der Waals surface area contributed by atoms with Crippen molar-refractivity contribution in [3.8, 4) is 0 Å². The second-order valence-electron chi connectivity index (χ2n) is 7.75. The second-order valence-corrected chi connectivity index (χ2v) is 7.75. The van der Waals surface area contributed by atoms with Crippen molar-refractivity contribution in [2.24, 2.45) is 16.7 Å². The normalized spacial score (nSPS) is 23.1. The molecule has 2 unspecified atom stereocenters. The molecular formula is C22H33F. The predicted molar refractivity (Wildman–Crippen MR) is 101 cm³/mol. The van der Waals surface area contributed by atoms with E-state index in [1.165, 1.54) is 5.57 Å². The van der Waals surface area contributed by atoms with Crippen molar-refractivity contribution in [1.82, 2.24) is 0 Å². The zero-order chi connectivity index (χ0) is 17.7. The van der Waals surface area contributed by atoms with E-state index in [4.69, 9.17) is 0 Å². The van der Waals surface area contributed by atoms with Gasteiger partial charge in [-0.2, -0.15) is 0 Å². The Bertz CT molecular complexity index is 549. The molecule has 0 saturated carbocycles. The van der Waals surface area contributed by atoms with Crippen LogP contribution in [0.25, 0.3) is 0 Å². The van der Waals surface area contributed by atoms with Gasteiger partial charge in [-0.05, 0) is 55.6 Å². The third kappa shape index (κ3) is 4.56. The van der Waals surface area contributed by atoms with Crippen LogP contribution in [0.4, 0.5) is 4.39 Å². The largest absolute Gasteiger partial charge is 0.212 e. The van der Waals surface area contributed by atoms with E-state index in [9.17, 15) is 4.39 Å². The molecule has 0 saturated heterocycles. The van der Waals surface area contributed by atoms with Crippen LogP contribution in [0.3, 0.4) is 0 Å². The Morgan fingerprint density at radius 2 is 1.78 bits per heavy atom. The van der Waals surface area contributed by atoms with E-state index in [1.54, 1.807) is 6.08 Å². The van der Waals surface area contributed by atoms with Crippen molar-refractivity contribution in [2.45, 2.75) is 61.3 Å². The van der Waals surface area contributed by atoms with Crippen molar-refractivity contribution in [3.63, 3.8) is 0 Å². The average molecular weight is 317 g/mol. The summed E-state index contributed by atoms with van der Waals surface area (Å²) >= 11 is 0. The smallest absolute Gasteiger partial charge is 0.101 e. The van der Waals surface area contributed by atoms with Gasteiger partial charge in [0, 0.05) is 6.42 Å². The Labute approximate surface area is 142 Å².